The smallest absolute Gasteiger partial charge is 0.250 e. The molecule has 1 amide bonds. The molecule has 1 unspecified atom stereocenters. The van der Waals surface area contributed by atoms with E-state index >= 15 is 0 Å². The molecule has 2 heterocycles. The van der Waals surface area contributed by atoms with Gasteiger partial charge in [-0.05, 0) is 25.0 Å². The van der Waals surface area contributed by atoms with Gasteiger partial charge in [-0.3, -0.25) is 4.79 Å². The van der Waals surface area contributed by atoms with E-state index in [0.717, 1.165) is 12.8 Å². The Labute approximate surface area is 120 Å². The molecule has 1 aromatic carbocycles. The second kappa shape index (κ2) is 6.01. The van der Waals surface area contributed by atoms with Crippen LogP contribution in [-0.2, 0) is 16.1 Å². The van der Waals surface area contributed by atoms with E-state index in [1.54, 1.807) is 18.2 Å². The van der Waals surface area contributed by atoms with E-state index in [2.05, 4.69) is 15.5 Å². The summed E-state index contributed by atoms with van der Waals surface area (Å²) in [6, 6.07) is 6.13. The summed E-state index contributed by atoms with van der Waals surface area (Å²) in [6.07, 6.45) is 1.20. The summed E-state index contributed by atoms with van der Waals surface area (Å²) in [5, 5.41) is 10.2. The summed E-state index contributed by atoms with van der Waals surface area (Å²) >= 11 is 0. The second-order valence-electron chi connectivity index (χ2n) is 4.70. The van der Waals surface area contributed by atoms with Gasteiger partial charge in [-0.15, -0.1) is 10.2 Å². The fourth-order valence-corrected chi connectivity index (χ4v) is 2.13. The highest BCUT2D eigenvalue weighted by Crippen LogP contribution is 2.20. The Bertz CT molecular complexity index is 638. The topological polar surface area (TPSA) is 77.3 Å². The zero-order valence-corrected chi connectivity index (χ0v) is 11.2. The number of nitrogens with one attached hydrogen (secondary N) is 1. The normalized spacial score (nSPS) is 17.9. The molecule has 0 radical (unpaired) electrons. The monoisotopic (exact) mass is 291 g/mol. The summed E-state index contributed by atoms with van der Waals surface area (Å²) in [5.41, 5.74) is 0.238. The van der Waals surface area contributed by atoms with Crippen molar-refractivity contribution in [2.45, 2.75) is 25.5 Å². The third-order valence-corrected chi connectivity index (χ3v) is 3.21. The lowest BCUT2D eigenvalue weighted by atomic mass is 10.2. The number of hydrogen-bond donors (Lipinski definition) is 1. The lowest BCUT2D eigenvalue weighted by Crippen LogP contribution is -2.33. The Hall–Kier alpha value is -2.28. The van der Waals surface area contributed by atoms with Crippen LogP contribution >= 0.6 is 0 Å². The minimum absolute atomic E-state index is 0.0921. The number of aromatic nitrogens is 2. The minimum Gasteiger partial charge on any atom is -0.419 e. The van der Waals surface area contributed by atoms with Crippen LogP contribution in [0.2, 0.25) is 0 Å². The Kier molecular flexibility index (Phi) is 3.92. The van der Waals surface area contributed by atoms with E-state index in [1.165, 1.54) is 6.07 Å². The molecule has 0 saturated carbocycles. The van der Waals surface area contributed by atoms with Gasteiger partial charge in [0.05, 0.1) is 12.1 Å². The van der Waals surface area contributed by atoms with E-state index in [1.807, 2.05) is 0 Å². The molecule has 0 bridgehead atoms. The van der Waals surface area contributed by atoms with Crippen molar-refractivity contribution in [2.24, 2.45) is 0 Å². The molecular formula is C14H14FN3O3. The van der Waals surface area contributed by atoms with Crippen LogP contribution in [0.25, 0.3) is 11.5 Å². The Morgan fingerprint density at radius 2 is 2.24 bits per heavy atom. The van der Waals surface area contributed by atoms with Gasteiger partial charge in [0.25, 0.3) is 5.89 Å². The predicted octanol–water partition coefficient (Wildman–Crippen LogP) is 1.67. The molecule has 0 aliphatic carbocycles. The molecule has 110 valence electrons. The van der Waals surface area contributed by atoms with Crippen LogP contribution in [0.15, 0.2) is 28.7 Å². The second-order valence-corrected chi connectivity index (χ2v) is 4.70. The zero-order valence-electron chi connectivity index (χ0n) is 11.2. The molecule has 7 heteroatoms. The van der Waals surface area contributed by atoms with Crippen LogP contribution in [0, 0.1) is 5.82 Å². The fraction of sp³-hybridized carbons (Fsp3) is 0.357. The number of carbonyl (C=O) groups excluding carboxylic acids is 1. The molecule has 1 N–H and O–H groups in total. The van der Waals surface area contributed by atoms with Crippen LogP contribution in [0.4, 0.5) is 4.39 Å². The third kappa shape index (κ3) is 3.08. The van der Waals surface area contributed by atoms with Gasteiger partial charge in [0.15, 0.2) is 0 Å². The average molecular weight is 291 g/mol. The van der Waals surface area contributed by atoms with Gasteiger partial charge in [0, 0.05) is 6.61 Å². The van der Waals surface area contributed by atoms with Gasteiger partial charge in [-0.25, -0.2) is 4.39 Å². The van der Waals surface area contributed by atoms with E-state index in [-0.39, 0.29) is 29.8 Å². The summed E-state index contributed by atoms with van der Waals surface area (Å²) in [7, 11) is 0. The predicted molar refractivity (Wildman–Crippen MR) is 70.5 cm³/mol. The third-order valence-electron chi connectivity index (χ3n) is 3.21. The molecule has 2 aromatic rings. The van der Waals surface area contributed by atoms with Gasteiger partial charge in [0.2, 0.25) is 11.8 Å². The van der Waals surface area contributed by atoms with Crippen LogP contribution in [-0.4, -0.2) is 28.8 Å². The van der Waals surface area contributed by atoms with Gasteiger partial charge in [-0.2, -0.15) is 0 Å². The van der Waals surface area contributed by atoms with E-state index in [9.17, 15) is 9.18 Å². The number of ether oxygens (including phenoxy) is 1. The van der Waals surface area contributed by atoms with Crippen molar-refractivity contribution in [3.8, 4) is 11.5 Å². The summed E-state index contributed by atoms with van der Waals surface area (Å²) in [5.74, 6) is -0.316. The van der Waals surface area contributed by atoms with E-state index in [0.29, 0.717) is 6.61 Å². The van der Waals surface area contributed by atoms with Crippen LogP contribution < -0.4 is 5.32 Å². The largest absolute Gasteiger partial charge is 0.419 e. The van der Waals surface area contributed by atoms with Crippen molar-refractivity contribution in [3.05, 3.63) is 36.0 Å². The molecule has 1 fully saturated rings. The highest BCUT2D eigenvalue weighted by Gasteiger charge is 2.23. The summed E-state index contributed by atoms with van der Waals surface area (Å²) in [4.78, 5) is 11.8. The molecule has 21 heavy (non-hydrogen) atoms. The minimum atomic E-state index is -0.434. The molecular weight excluding hydrogens is 277 g/mol. The van der Waals surface area contributed by atoms with Gasteiger partial charge in [0.1, 0.15) is 11.9 Å². The molecule has 1 saturated heterocycles. The van der Waals surface area contributed by atoms with Crippen molar-refractivity contribution < 1.29 is 18.3 Å². The van der Waals surface area contributed by atoms with Crippen molar-refractivity contribution in [1.82, 2.24) is 15.5 Å². The van der Waals surface area contributed by atoms with Gasteiger partial charge in [-0.1, -0.05) is 12.1 Å². The molecule has 1 aliphatic heterocycles. The van der Waals surface area contributed by atoms with Crippen LogP contribution in [0.1, 0.15) is 18.7 Å². The number of nitrogens with zero attached hydrogens (tertiary/aromatic N) is 2. The van der Waals surface area contributed by atoms with Gasteiger partial charge < -0.3 is 14.5 Å². The van der Waals surface area contributed by atoms with E-state index < -0.39 is 11.9 Å². The Morgan fingerprint density at radius 1 is 1.38 bits per heavy atom. The lowest BCUT2D eigenvalue weighted by Gasteiger charge is -2.08. The quantitative estimate of drug-likeness (QED) is 0.927. The molecule has 1 atom stereocenters. The van der Waals surface area contributed by atoms with Crippen molar-refractivity contribution in [2.75, 3.05) is 6.61 Å². The summed E-state index contributed by atoms with van der Waals surface area (Å²) < 4.78 is 24.2. The SMILES string of the molecule is O=C(NCc1nnc(-c2ccccc2F)o1)C1CCCO1. The van der Waals surface area contributed by atoms with Crippen LogP contribution in [0.5, 0.6) is 0 Å². The van der Waals surface area contributed by atoms with E-state index in [4.69, 9.17) is 9.15 Å². The maximum absolute atomic E-state index is 13.6. The number of halogens is 1. The first-order chi connectivity index (χ1) is 10.2. The number of rotatable bonds is 4. The molecule has 0 spiro atoms. The molecule has 6 nitrogen and oxygen atoms in total. The molecule has 3 rings (SSSR count). The number of hydrogen-bond acceptors (Lipinski definition) is 5. The average Bonchev–Trinajstić information content (AvgIpc) is 3.17. The number of carbonyl (C=O) groups is 1. The molecule has 1 aromatic heterocycles. The Morgan fingerprint density at radius 3 is 3.00 bits per heavy atom. The van der Waals surface area contributed by atoms with Gasteiger partial charge >= 0.3 is 0 Å². The number of benzene rings is 1. The van der Waals surface area contributed by atoms with Crippen molar-refractivity contribution >= 4 is 5.91 Å². The highest BCUT2D eigenvalue weighted by atomic mass is 19.1. The standard InChI is InChI=1S/C14H14FN3O3/c15-10-5-2-1-4-9(10)14-18-17-12(21-14)8-16-13(19)11-6-3-7-20-11/h1-2,4-5,11H,3,6-8H2,(H,16,19). The fourth-order valence-electron chi connectivity index (χ4n) is 2.13. The molecule has 1 aliphatic rings. The first-order valence-electron chi connectivity index (χ1n) is 6.70. The van der Waals surface area contributed by atoms with Crippen molar-refractivity contribution in [3.63, 3.8) is 0 Å². The zero-order chi connectivity index (χ0) is 14.7. The Balaban J connectivity index is 1.63. The van der Waals surface area contributed by atoms with Crippen LogP contribution in [0.3, 0.4) is 0 Å². The maximum Gasteiger partial charge on any atom is 0.250 e. The first kappa shape index (κ1) is 13.7. The highest BCUT2D eigenvalue weighted by molar-refractivity contribution is 5.80. The number of amides is 1. The maximum atomic E-state index is 13.6. The lowest BCUT2D eigenvalue weighted by molar-refractivity contribution is -0.130. The first-order valence-corrected chi connectivity index (χ1v) is 6.70. The van der Waals surface area contributed by atoms with Crippen molar-refractivity contribution in [1.29, 1.82) is 0 Å². The summed E-state index contributed by atoms with van der Waals surface area (Å²) in [6.45, 7) is 0.705.